The molecule has 0 nitrogen and oxygen atoms in total. The average Bonchev–Trinajstić information content (AvgIpc) is 2.11. The first kappa shape index (κ1) is 12.7. The van der Waals surface area contributed by atoms with Crippen LogP contribution in [0.4, 0.5) is 8.78 Å². The molecule has 0 aliphatic heterocycles. The summed E-state index contributed by atoms with van der Waals surface area (Å²) in [5, 5.41) is 0.150. The van der Waals surface area contributed by atoms with Gasteiger partial charge in [-0.3, -0.25) is 0 Å². The fourth-order valence-electron chi connectivity index (χ4n) is 1.60. The molecule has 4 heteroatoms. The van der Waals surface area contributed by atoms with Crippen molar-refractivity contribution in [2.24, 2.45) is 0 Å². The number of benzene rings is 1. The first-order chi connectivity index (χ1) is 6.93. The van der Waals surface area contributed by atoms with Crippen molar-refractivity contribution >= 4 is 23.2 Å². The van der Waals surface area contributed by atoms with Gasteiger partial charge < -0.3 is 0 Å². The van der Waals surface area contributed by atoms with Gasteiger partial charge in [-0.1, -0.05) is 18.5 Å². The Morgan fingerprint density at radius 3 is 2.40 bits per heavy atom. The lowest BCUT2D eigenvalue weighted by atomic mass is 9.95. The summed E-state index contributed by atoms with van der Waals surface area (Å²) in [6.45, 7) is 3.59. The lowest BCUT2D eigenvalue weighted by Gasteiger charge is -2.15. The third-order valence-corrected chi connectivity index (χ3v) is 2.76. The average molecular weight is 253 g/mol. The van der Waals surface area contributed by atoms with Gasteiger partial charge in [0.2, 0.25) is 0 Å². The van der Waals surface area contributed by atoms with Gasteiger partial charge >= 0.3 is 0 Å². The molecular formula is C11H12Cl2F2. The van der Waals surface area contributed by atoms with E-state index in [1.807, 2.05) is 6.92 Å². The Labute approximate surface area is 98.2 Å². The van der Waals surface area contributed by atoms with Crippen LogP contribution in [-0.2, 0) is 0 Å². The molecule has 0 aliphatic rings. The van der Waals surface area contributed by atoms with E-state index in [4.69, 9.17) is 23.2 Å². The maximum atomic E-state index is 13.5. The van der Waals surface area contributed by atoms with E-state index in [-0.39, 0.29) is 21.9 Å². The van der Waals surface area contributed by atoms with Crippen LogP contribution < -0.4 is 0 Å². The molecule has 84 valence electrons. The Hall–Kier alpha value is -0.340. The van der Waals surface area contributed by atoms with E-state index < -0.39 is 11.6 Å². The second-order valence-corrected chi connectivity index (χ2v) is 4.83. The van der Waals surface area contributed by atoms with Gasteiger partial charge in [-0.05, 0) is 31.4 Å². The molecule has 1 rings (SSSR count). The summed E-state index contributed by atoms with van der Waals surface area (Å²) in [7, 11) is 0. The summed E-state index contributed by atoms with van der Waals surface area (Å²) < 4.78 is 26.5. The Morgan fingerprint density at radius 2 is 1.87 bits per heavy atom. The van der Waals surface area contributed by atoms with E-state index >= 15 is 0 Å². The molecule has 0 aliphatic carbocycles. The monoisotopic (exact) mass is 252 g/mol. The summed E-state index contributed by atoms with van der Waals surface area (Å²) >= 11 is 11.6. The number of hydrogen-bond donors (Lipinski definition) is 0. The molecule has 0 amide bonds. The summed E-state index contributed by atoms with van der Waals surface area (Å²) in [5.41, 5.74) is 0.212. The van der Waals surface area contributed by atoms with Crippen molar-refractivity contribution < 1.29 is 8.78 Å². The van der Waals surface area contributed by atoms with Crippen LogP contribution in [0.3, 0.4) is 0 Å². The molecule has 1 aromatic rings. The maximum Gasteiger partial charge on any atom is 0.163 e. The molecule has 0 saturated heterocycles. The van der Waals surface area contributed by atoms with Crippen LogP contribution >= 0.6 is 23.2 Å². The molecule has 1 aromatic carbocycles. The van der Waals surface area contributed by atoms with Gasteiger partial charge in [0.05, 0.1) is 0 Å². The molecule has 0 aromatic heterocycles. The van der Waals surface area contributed by atoms with Gasteiger partial charge in [0.15, 0.2) is 11.6 Å². The van der Waals surface area contributed by atoms with Crippen molar-refractivity contribution in [3.05, 3.63) is 34.4 Å². The fourth-order valence-corrected chi connectivity index (χ4v) is 2.20. The molecule has 0 radical (unpaired) electrons. The highest BCUT2D eigenvalue weighted by Gasteiger charge is 2.19. The van der Waals surface area contributed by atoms with Crippen LogP contribution in [0.1, 0.15) is 31.7 Å². The number of alkyl halides is 1. The molecule has 2 unspecified atom stereocenters. The van der Waals surface area contributed by atoms with Crippen LogP contribution in [0.25, 0.3) is 0 Å². The number of halogens is 4. The van der Waals surface area contributed by atoms with Crippen molar-refractivity contribution in [3.63, 3.8) is 0 Å². The topological polar surface area (TPSA) is 0 Å². The van der Waals surface area contributed by atoms with Crippen LogP contribution in [0, 0.1) is 11.6 Å². The van der Waals surface area contributed by atoms with E-state index in [1.54, 1.807) is 6.92 Å². The van der Waals surface area contributed by atoms with E-state index in [9.17, 15) is 8.78 Å². The minimum absolute atomic E-state index is 0.0984. The lowest BCUT2D eigenvalue weighted by molar-refractivity contribution is 0.486. The third-order valence-electron chi connectivity index (χ3n) is 2.25. The normalized spacial score (nSPS) is 15.1. The Bertz CT molecular complexity index is 351. The zero-order chi connectivity index (χ0) is 11.6. The van der Waals surface area contributed by atoms with Gasteiger partial charge in [0, 0.05) is 16.0 Å². The van der Waals surface area contributed by atoms with Gasteiger partial charge in [0.1, 0.15) is 0 Å². The molecule has 0 fully saturated rings. The largest absolute Gasteiger partial charge is 0.204 e. The molecule has 0 spiro atoms. The quantitative estimate of drug-likeness (QED) is 0.539. The van der Waals surface area contributed by atoms with E-state index in [1.165, 1.54) is 6.07 Å². The summed E-state index contributed by atoms with van der Waals surface area (Å²) in [6, 6.07) is 2.39. The smallest absolute Gasteiger partial charge is 0.163 e. The molecule has 0 N–H and O–H groups in total. The van der Waals surface area contributed by atoms with Gasteiger partial charge in [0.25, 0.3) is 0 Å². The molecule has 0 bridgehead atoms. The van der Waals surface area contributed by atoms with Crippen molar-refractivity contribution in [1.82, 2.24) is 0 Å². The molecule has 0 saturated carbocycles. The minimum Gasteiger partial charge on any atom is -0.204 e. The second-order valence-electron chi connectivity index (χ2n) is 3.67. The summed E-state index contributed by atoms with van der Waals surface area (Å²) in [5.74, 6) is -1.93. The fraction of sp³-hybridized carbons (Fsp3) is 0.455. The molecule has 0 heterocycles. The van der Waals surface area contributed by atoms with Crippen molar-refractivity contribution in [2.45, 2.75) is 31.6 Å². The Kier molecular flexibility index (Phi) is 4.35. The van der Waals surface area contributed by atoms with Gasteiger partial charge in [-0.25, -0.2) is 8.78 Å². The number of hydrogen-bond acceptors (Lipinski definition) is 0. The maximum absolute atomic E-state index is 13.5. The zero-order valence-electron chi connectivity index (χ0n) is 8.53. The Balaban J connectivity index is 3.07. The van der Waals surface area contributed by atoms with E-state index in [2.05, 4.69) is 0 Å². The first-order valence-electron chi connectivity index (χ1n) is 4.71. The Morgan fingerprint density at radius 1 is 1.27 bits per heavy atom. The van der Waals surface area contributed by atoms with Crippen molar-refractivity contribution in [3.8, 4) is 0 Å². The van der Waals surface area contributed by atoms with Crippen LogP contribution in [-0.4, -0.2) is 5.38 Å². The summed E-state index contributed by atoms with van der Waals surface area (Å²) in [6.07, 6.45) is 0.557. The van der Waals surface area contributed by atoms with Crippen molar-refractivity contribution in [2.75, 3.05) is 0 Å². The highest BCUT2D eigenvalue weighted by Crippen LogP contribution is 2.32. The highest BCUT2D eigenvalue weighted by molar-refractivity contribution is 6.31. The van der Waals surface area contributed by atoms with Crippen LogP contribution in [0.15, 0.2) is 12.1 Å². The van der Waals surface area contributed by atoms with E-state index in [0.717, 1.165) is 6.07 Å². The van der Waals surface area contributed by atoms with Gasteiger partial charge in [-0.2, -0.15) is 0 Å². The minimum atomic E-state index is -0.872. The predicted molar refractivity (Wildman–Crippen MR) is 59.7 cm³/mol. The highest BCUT2D eigenvalue weighted by atomic mass is 35.5. The zero-order valence-corrected chi connectivity index (χ0v) is 10.0. The first-order valence-corrected chi connectivity index (χ1v) is 5.52. The van der Waals surface area contributed by atoms with E-state index in [0.29, 0.717) is 6.42 Å². The van der Waals surface area contributed by atoms with Crippen LogP contribution in [0.2, 0.25) is 5.02 Å². The summed E-state index contributed by atoms with van der Waals surface area (Å²) in [4.78, 5) is 0. The molecule has 2 atom stereocenters. The third kappa shape index (κ3) is 3.05. The van der Waals surface area contributed by atoms with Crippen LogP contribution in [0.5, 0.6) is 0 Å². The van der Waals surface area contributed by atoms with Gasteiger partial charge in [-0.15, -0.1) is 11.6 Å². The standard InChI is InChI=1S/C11H12Cl2F2/c1-6(5-7(2)12)10-8(13)3-4-9(14)11(10)15/h3-4,6-7H,5H2,1-2H3. The predicted octanol–water partition coefficient (Wildman–Crippen LogP) is 4.74. The number of rotatable bonds is 3. The SMILES string of the molecule is CC(Cl)CC(C)c1c(Cl)ccc(F)c1F. The molecule has 15 heavy (non-hydrogen) atoms. The molecular weight excluding hydrogens is 241 g/mol. The second kappa shape index (κ2) is 5.13. The lowest BCUT2D eigenvalue weighted by Crippen LogP contribution is -2.05. The van der Waals surface area contributed by atoms with Crippen molar-refractivity contribution in [1.29, 1.82) is 0 Å².